The summed E-state index contributed by atoms with van der Waals surface area (Å²) in [4.78, 5) is 3.23. The quantitative estimate of drug-likeness (QED) is 0.713. The van der Waals surface area contributed by atoms with E-state index in [-0.39, 0.29) is 0 Å². The second-order valence-electron chi connectivity index (χ2n) is 4.41. The van der Waals surface area contributed by atoms with Crippen molar-refractivity contribution < 1.29 is 4.74 Å². The van der Waals surface area contributed by atoms with Crippen molar-refractivity contribution in [3.8, 4) is 11.4 Å². The average molecular weight is 270 g/mol. The number of H-pyrrole nitrogens is 1. The van der Waals surface area contributed by atoms with Gasteiger partial charge in [0.1, 0.15) is 11.3 Å². The highest BCUT2D eigenvalue weighted by Crippen LogP contribution is 2.27. The molecule has 1 heterocycles. The molecule has 0 spiro atoms. The van der Waals surface area contributed by atoms with Gasteiger partial charge in [0.2, 0.25) is 0 Å². The number of para-hydroxylation sites is 2. The normalized spacial score (nSPS) is 10.8. The number of methoxy groups -OCH3 is 1. The Morgan fingerprint density at radius 1 is 1.11 bits per heavy atom. The predicted octanol–water partition coefficient (Wildman–Crippen LogP) is 4.01. The van der Waals surface area contributed by atoms with Crippen molar-refractivity contribution in [2.45, 2.75) is 6.92 Å². The zero-order valence-corrected chi connectivity index (χ0v) is 11.6. The van der Waals surface area contributed by atoms with Crippen molar-refractivity contribution in [3.63, 3.8) is 0 Å². The van der Waals surface area contributed by atoms with Gasteiger partial charge in [0.15, 0.2) is 4.77 Å². The number of rotatable bonds is 2. The van der Waals surface area contributed by atoms with Crippen LogP contribution in [0.15, 0.2) is 42.5 Å². The minimum atomic E-state index is 0.675. The first-order chi connectivity index (χ1) is 9.22. The molecule has 0 radical (unpaired) electrons. The van der Waals surface area contributed by atoms with Crippen molar-refractivity contribution in [3.05, 3.63) is 52.8 Å². The highest BCUT2D eigenvalue weighted by molar-refractivity contribution is 7.71. The molecule has 3 rings (SSSR count). The molecule has 2 aromatic carbocycles. The van der Waals surface area contributed by atoms with E-state index in [0.717, 1.165) is 22.5 Å². The van der Waals surface area contributed by atoms with Gasteiger partial charge < -0.3 is 9.72 Å². The summed E-state index contributed by atoms with van der Waals surface area (Å²) in [5, 5.41) is 0. The van der Waals surface area contributed by atoms with Crippen LogP contribution in [0.25, 0.3) is 16.7 Å². The predicted molar refractivity (Wildman–Crippen MR) is 79.7 cm³/mol. The molecule has 4 heteroatoms. The zero-order chi connectivity index (χ0) is 13.4. The van der Waals surface area contributed by atoms with Gasteiger partial charge >= 0.3 is 0 Å². The molecule has 0 aliphatic heterocycles. The van der Waals surface area contributed by atoms with Crippen molar-refractivity contribution in [2.75, 3.05) is 7.11 Å². The van der Waals surface area contributed by atoms with Gasteiger partial charge in [0.25, 0.3) is 0 Å². The number of fused-ring (bicyclic) bond motifs is 1. The fourth-order valence-corrected chi connectivity index (χ4v) is 2.63. The fourth-order valence-electron chi connectivity index (χ4n) is 2.33. The summed E-state index contributed by atoms with van der Waals surface area (Å²) in [5.74, 6) is 0.802. The third-order valence-electron chi connectivity index (χ3n) is 3.26. The minimum Gasteiger partial charge on any atom is -0.494 e. The topological polar surface area (TPSA) is 29.9 Å². The number of benzene rings is 2. The lowest BCUT2D eigenvalue weighted by Crippen LogP contribution is -1.96. The van der Waals surface area contributed by atoms with Crippen molar-refractivity contribution in [1.82, 2.24) is 9.55 Å². The van der Waals surface area contributed by atoms with E-state index in [1.807, 2.05) is 34.9 Å². The van der Waals surface area contributed by atoms with Crippen LogP contribution in [-0.4, -0.2) is 16.7 Å². The zero-order valence-electron chi connectivity index (χ0n) is 10.8. The molecule has 0 bridgehead atoms. The van der Waals surface area contributed by atoms with E-state index in [4.69, 9.17) is 17.0 Å². The number of nitrogens with one attached hydrogen (secondary N) is 1. The lowest BCUT2D eigenvalue weighted by Gasteiger charge is -2.08. The average Bonchev–Trinajstić information content (AvgIpc) is 2.75. The summed E-state index contributed by atoms with van der Waals surface area (Å²) in [6, 6.07) is 14.1. The molecular formula is C15H14N2OS. The Morgan fingerprint density at radius 2 is 1.89 bits per heavy atom. The first-order valence-corrected chi connectivity index (χ1v) is 6.47. The SMILES string of the molecule is COc1cccc2c1[nH]c(=S)n2-c1ccccc1C. The van der Waals surface area contributed by atoms with Crippen LogP contribution in [0, 0.1) is 11.7 Å². The summed E-state index contributed by atoms with van der Waals surface area (Å²) in [6.07, 6.45) is 0. The molecule has 96 valence electrons. The first kappa shape index (κ1) is 12.0. The lowest BCUT2D eigenvalue weighted by atomic mass is 10.2. The number of aromatic amines is 1. The summed E-state index contributed by atoms with van der Waals surface area (Å²) < 4.78 is 8.09. The number of imidazole rings is 1. The molecule has 19 heavy (non-hydrogen) atoms. The van der Waals surface area contributed by atoms with Gasteiger partial charge in [-0.2, -0.15) is 0 Å². The highest BCUT2D eigenvalue weighted by Gasteiger charge is 2.11. The second kappa shape index (κ2) is 4.55. The van der Waals surface area contributed by atoms with E-state index in [1.54, 1.807) is 7.11 Å². The van der Waals surface area contributed by atoms with Crippen LogP contribution in [0.3, 0.4) is 0 Å². The highest BCUT2D eigenvalue weighted by atomic mass is 32.1. The summed E-state index contributed by atoms with van der Waals surface area (Å²) in [5.41, 5.74) is 4.23. The van der Waals surface area contributed by atoms with E-state index in [1.165, 1.54) is 5.56 Å². The second-order valence-corrected chi connectivity index (χ2v) is 4.79. The smallest absolute Gasteiger partial charge is 0.182 e. The first-order valence-electron chi connectivity index (χ1n) is 6.06. The standard InChI is InChI=1S/C15H14N2OS/c1-10-6-3-4-7-11(10)17-12-8-5-9-13(18-2)14(12)16-15(17)19/h3-9H,1-2H3,(H,16,19). The van der Waals surface area contributed by atoms with Crippen LogP contribution >= 0.6 is 12.2 Å². The van der Waals surface area contributed by atoms with Crippen LogP contribution < -0.4 is 4.74 Å². The molecule has 1 aromatic heterocycles. The minimum absolute atomic E-state index is 0.675. The van der Waals surface area contributed by atoms with Crippen LogP contribution in [-0.2, 0) is 0 Å². The van der Waals surface area contributed by atoms with Gasteiger partial charge in [-0.15, -0.1) is 0 Å². The maximum atomic E-state index is 5.45. The van der Waals surface area contributed by atoms with Crippen LogP contribution in [0.5, 0.6) is 5.75 Å². The van der Waals surface area contributed by atoms with Gasteiger partial charge in [-0.25, -0.2) is 0 Å². The largest absolute Gasteiger partial charge is 0.494 e. The summed E-state index contributed by atoms with van der Waals surface area (Å²) >= 11 is 5.45. The monoisotopic (exact) mass is 270 g/mol. The third-order valence-corrected chi connectivity index (χ3v) is 3.54. The Labute approximate surface area is 116 Å². The number of aromatic nitrogens is 2. The number of ether oxygens (including phenoxy) is 1. The molecule has 3 nitrogen and oxygen atoms in total. The van der Waals surface area contributed by atoms with Crippen molar-refractivity contribution >= 4 is 23.3 Å². The van der Waals surface area contributed by atoms with Crippen LogP contribution in [0.1, 0.15) is 5.56 Å². The molecule has 0 aliphatic rings. The summed E-state index contributed by atoms with van der Waals surface area (Å²) in [6.45, 7) is 2.08. The Hall–Kier alpha value is -2.07. The molecule has 0 amide bonds. The Kier molecular flexibility index (Phi) is 2.87. The molecule has 0 aliphatic carbocycles. The van der Waals surface area contributed by atoms with Crippen molar-refractivity contribution in [1.29, 1.82) is 0 Å². The van der Waals surface area contributed by atoms with Gasteiger partial charge in [0, 0.05) is 0 Å². The molecule has 0 unspecified atom stereocenters. The van der Waals surface area contributed by atoms with Crippen LogP contribution in [0.4, 0.5) is 0 Å². The number of hydrogen-bond acceptors (Lipinski definition) is 2. The van der Waals surface area contributed by atoms with Gasteiger partial charge in [0.05, 0.1) is 18.3 Å². The molecule has 0 atom stereocenters. The Morgan fingerprint density at radius 3 is 2.63 bits per heavy atom. The van der Waals surface area contributed by atoms with E-state index in [0.29, 0.717) is 4.77 Å². The van der Waals surface area contributed by atoms with E-state index in [2.05, 4.69) is 24.0 Å². The molecule has 0 saturated carbocycles. The Balaban J connectivity index is 2.40. The van der Waals surface area contributed by atoms with Gasteiger partial charge in [-0.1, -0.05) is 24.3 Å². The third kappa shape index (κ3) is 1.85. The number of nitrogens with zero attached hydrogens (tertiary/aromatic N) is 1. The maximum Gasteiger partial charge on any atom is 0.182 e. The molecule has 3 aromatic rings. The van der Waals surface area contributed by atoms with Crippen LogP contribution in [0.2, 0.25) is 0 Å². The lowest BCUT2D eigenvalue weighted by molar-refractivity contribution is 0.419. The molecule has 0 saturated heterocycles. The van der Waals surface area contributed by atoms with E-state index < -0.39 is 0 Å². The molecule has 0 fully saturated rings. The van der Waals surface area contributed by atoms with E-state index in [9.17, 15) is 0 Å². The van der Waals surface area contributed by atoms with Crippen molar-refractivity contribution in [2.24, 2.45) is 0 Å². The molecule has 1 N–H and O–H groups in total. The summed E-state index contributed by atoms with van der Waals surface area (Å²) in [7, 11) is 1.66. The fraction of sp³-hybridized carbons (Fsp3) is 0.133. The van der Waals surface area contributed by atoms with Gasteiger partial charge in [-0.3, -0.25) is 4.57 Å². The Bertz CT molecular complexity index is 801. The maximum absolute atomic E-state index is 5.45. The number of hydrogen-bond donors (Lipinski definition) is 1. The number of aryl methyl sites for hydroxylation is 1. The molecular weight excluding hydrogens is 256 g/mol. The van der Waals surface area contributed by atoms with E-state index >= 15 is 0 Å². The van der Waals surface area contributed by atoms with Gasteiger partial charge in [-0.05, 0) is 42.9 Å².